The molecule has 14 heavy (non-hydrogen) atoms. The highest BCUT2D eigenvalue weighted by Crippen LogP contribution is 2.43. The predicted octanol–water partition coefficient (Wildman–Crippen LogP) is 0.168. The van der Waals surface area contributed by atoms with Crippen LogP contribution in [-0.4, -0.2) is 30.1 Å². The lowest BCUT2D eigenvalue weighted by Crippen LogP contribution is -2.03. The molecule has 0 fully saturated rings. The van der Waals surface area contributed by atoms with Gasteiger partial charge >= 0.3 is 13.8 Å². The lowest BCUT2D eigenvalue weighted by atomic mass is 10.7. The van der Waals surface area contributed by atoms with E-state index in [1.54, 1.807) is 0 Å². The number of hydrogen-bond donors (Lipinski definition) is 1. The second kappa shape index (κ2) is 6.23. The highest BCUT2D eigenvalue weighted by molar-refractivity contribution is 7.48. The minimum Gasteiger partial charge on any atom is -0.367 e. The van der Waals surface area contributed by atoms with Crippen molar-refractivity contribution in [2.45, 2.75) is 0 Å². The molecule has 0 aromatic carbocycles. The molecule has 0 aliphatic rings. The van der Waals surface area contributed by atoms with Gasteiger partial charge in [-0.25, -0.2) is 19.1 Å². The summed E-state index contributed by atoms with van der Waals surface area (Å²) in [5.41, 5.74) is 0. The van der Waals surface area contributed by atoms with Crippen molar-refractivity contribution in [3.8, 4) is 0 Å². The average Bonchev–Trinajstić information content (AvgIpc) is 2.12. The topological polar surface area (TPSA) is 102 Å². The van der Waals surface area contributed by atoms with Crippen molar-refractivity contribution in [1.82, 2.24) is 0 Å². The van der Waals surface area contributed by atoms with Gasteiger partial charge in [-0.05, 0) is 0 Å². The minimum absolute atomic E-state index is 0.139. The summed E-state index contributed by atoms with van der Waals surface area (Å²) in [6.45, 7) is 2.56. The van der Waals surface area contributed by atoms with Crippen LogP contribution in [0.25, 0.3) is 0 Å². The lowest BCUT2D eigenvalue weighted by molar-refractivity contribution is -0.130. The Morgan fingerprint density at radius 3 is 2.86 bits per heavy atom. The van der Waals surface area contributed by atoms with Gasteiger partial charge in [0, 0.05) is 6.08 Å². The highest BCUT2D eigenvalue weighted by Gasteiger charge is 2.24. The van der Waals surface area contributed by atoms with E-state index in [0.717, 1.165) is 6.08 Å². The number of aliphatic imine (C=N–C) groups is 1. The van der Waals surface area contributed by atoms with Gasteiger partial charge in [-0.2, -0.15) is 0 Å². The van der Waals surface area contributed by atoms with Crippen LogP contribution in [0.1, 0.15) is 0 Å². The van der Waals surface area contributed by atoms with E-state index in [4.69, 9.17) is 4.89 Å². The van der Waals surface area contributed by atoms with Gasteiger partial charge in [0.15, 0.2) is 0 Å². The molecule has 0 aliphatic carbocycles. The fraction of sp³-hybridized carbons (Fsp3) is 0.333. The number of rotatable bonds is 6. The van der Waals surface area contributed by atoms with Gasteiger partial charge in [-0.3, -0.25) is 9.42 Å². The third-order valence-electron chi connectivity index (χ3n) is 0.894. The average molecular weight is 221 g/mol. The maximum absolute atomic E-state index is 10.8. The van der Waals surface area contributed by atoms with Crippen molar-refractivity contribution in [2.75, 3.05) is 13.2 Å². The van der Waals surface area contributed by atoms with Gasteiger partial charge in [0.05, 0.1) is 13.2 Å². The Hall–Kier alpha value is -1.26. The van der Waals surface area contributed by atoms with Crippen molar-refractivity contribution in [3.63, 3.8) is 0 Å². The smallest absolute Gasteiger partial charge is 0.367 e. The molecule has 0 rings (SSSR count). The van der Waals surface area contributed by atoms with E-state index in [-0.39, 0.29) is 13.2 Å². The van der Waals surface area contributed by atoms with Gasteiger partial charge in [0.25, 0.3) is 0 Å². The maximum Gasteiger partial charge on any atom is 0.529 e. The Labute approximate surface area is 79.7 Å². The van der Waals surface area contributed by atoms with Crippen LogP contribution in [0, 0.1) is 0 Å². The Morgan fingerprint density at radius 2 is 2.36 bits per heavy atom. The van der Waals surface area contributed by atoms with E-state index in [1.165, 1.54) is 6.08 Å². The number of carbonyl (C=O) groups excluding carboxylic acids is 2. The Bertz CT molecular complexity index is 307. The van der Waals surface area contributed by atoms with Crippen molar-refractivity contribution in [3.05, 3.63) is 12.7 Å². The standard InChI is InChI=1S/C6H8NO6P/c1-2-6(9)13-14(10,11)12-4-3-7-5-8/h2H,1,3-4H2,(H,10,11). The number of nitrogens with zero attached hydrogens (tertiary/aromatic N) is 1. The molecule has 0 heterocycles. The molecular weight excluding hydrogens is 213 g/mol. The molecule has 0 aromatic rings. The van der Waals surface area contributed by atoms with Crippen LogP contribution in [-0.2, 0) is 23.2 Å². The van der Waals surface area contributed by atoms with Crippen LogP contribution < -0.4 is 0 Å². The summed E-state index contributed by atoms with van der Waals surface area (Å²) in [6.07, 6.45) is 1.92. The fourth-order valence-corrected chi connectivity index (χ4v) is 1.09. The van der Waals surface area contributed by atoms with Crippen LogP contribution in [0.15, 0.2) is 17.6 Å². The zero-order valence-corrected chi connectivity index (χ0v) is 7.98. The third kappa shape index (κ3) is 6.28. The second-order valence-electron chi connectivity index (χ2n) is 1.89. The van der Waals surface area contributed by atoms with Crippen LogP contribution in [0.4, 0.5) is 0 Å². The monoisotopic (exact) mass is 221 g/mol. The summed E-state index contributed by atoms with van der Waals surface area (Å²) in [6, 6.07) is 0. The molecule has 8 heteroatoms. The Morgan fingerprint density at radius 1 is 1.71 bits per heavy atom. The normalized spacial score (nSPS) is 13.5. The van der Waals surface area contributed by atoms with Crippen molar-refractivity contribution in [2.24, 2.45) is 4.99 Å². The van der Waals surface area contributed by atoms with Gasteiger partial charge < -0.3 is 4.52 Å². The first-order valence-electron chi connectivity index (χ1n) is 3.39. The van der Waals surface area contributed by atoms with E-state index >= 15 is 0 Å². The summed E-state index contributed by atoms with van der Waals surface area (Å²) in [5, 5.41) is 0. The fourth-order valence-electron chi connectivity index (χ4n) is 0.425. The van der Waals surface area contributed by atoms with E-state index < -0.39 is 13.8 Å². The summed E-state index contributed by atoms with van der Waals surface area (Å²) in [7, 11) is -4.42. The predicted molar refractivity (Wildman–Crippen MR) is 45.1 cm³/mol. The first kappa shape index (κ1) is 12.7. The summed E-state index contributed by atoms with van der Waals surface area (Å²) in [5.74, 6) is -1.07. The van der Waals surface area contributed by atoms with Crippen molar-refractivity contribution >= 4 is 19.9 Å². The van der Waals surface area contributed by atoms with Gasteiger partial charge in [-0.1, -0.05) is 6.58 Å². The maximum atomic E-state index is 10.8. The molecule has 0 bridgehead atoms. The number of phosphoric acid groups is 1. The van der Waals surface area contributed by atoms with Crippen molar-refractivity contribution < 1.29 is 28.1 Å². The van der Waals surface area contributed by atoms with Crippen LogP contribution >= 0.6 is 7.82 Å². The van der Waals surface area contributed by atoms with E-state index in [0.29, 0.717) is 0 Å². The lowest BCUT2D eigenvalue weighted by Gasteiger charge is -2.08. The highest BCUT2D eigenvalue weighted by atomic mass is 31.2. The summed E-state index contributed by atoms with van der Waals surface area (Å²) < 4.78 is 19.1. The molecular formula is C6H8NO6P. The molecule has 78 valence electrons. The molecule has 0 aromatic heterocycles. The number of carbonyl (C=O) groups is 1. The largest absolute Gasteiger partial charge is 0.529 e. The molecule has 0 aliphatic heterocycles. The first-order chi connectivity index (χ1) is 6.52. The van der Waals surface area contributed by atoms with Gasteiger partial charge in [0.2, 0.25) is 6.08 Å². The third-order valence-corrected chi connectivity index (χ3v) is 1.81. The first-order valence-corrected chi connectivity index (χ1v) is 4.88. The second-order valence-corrected chi connectivity index (χ2v) is 3.27. The minimum atomic E-state index is -4.42. The van der Waals surface area contributed by atoms with Crippen LogP contribution in [0.2, 0.25) is 0 Å². The SMILES string of the molecule is C=CC(=O)OP(=O)(O)OCCN=C=O. The molecule has 0 saturated heterocycles. The van der Waals surface area contributed by atoms with E-state index in [1.807, 2.05) is 0 Å². The Kier molecular flexibility index (Phi) is 5.67. The molecule has 0 saturated carbocycles. The van der Waals surface area contributed by atoms with Crippen molar-refractivity contribution in [1.29, 1.82) is 0 Å². The molecule has 7 nitrogen and oxygen atoms in total. The number of hydrogen-bond acceptors (Lipinski definition) is 6. The zero-order valence-electron chi connectivity index (χ0n) is 7.08. The van der Waals surface area contributed by atoms with E-state index in [9.17, 15) is 14.2 Å². The quantitative estimate of drug-likeness (QED) is 0.225. The molecule has 0 radical (unpaired) electrons. The van der Waals surface area contributed by atoms with Gasteiger partial charge in [-0.15, -0.1) is 0 Å². The number of isocyanates is 1. The molecule has 1 atom stereocenters. The molecule has 1 N–H and O–H groups in total. The zero-order chi connectivity index (χ0) is 11.0. The number of phosphoric ester groups is 1. The molecule has 0 amide bonds. The van der Waals surface area contributed by atoms with Crippen LogP contribution in [0.3, 0.4) is 0 Å². The summed E-state index contributed by atoms with van der Waals surface area (Å²) in [4.78, 5) is 31.9. The van der Waals surface area contributed by atoms with Crippen LogP contribution in [0.5, 0.6) is 0 Å². The van der Waals surface area contributed by atoms with Gasteiger partial charge in [0.1, 0.15) is 0 Å². The van der Waals surface area contributed by atoms with E-state index in [2.05, 4.69) is 20.6 Å². The molecule has 0 spiro atoms. The Balaban J connectivity index is 3.94. The summed E-state index contributed by atoms with van der Waals surface area (Å²) >= 11 is 0. The molecule has 1 unspecified atom stereocenters.